The molecule has 1 fully saturated rings. The van der Waals surface area contributed by atoms with Gasteiger partial charge in [0.15, 0.2) is 0 Å². The smallest absolute Gasteiger partial charge is 0.129 e. The molecule has 0 bridgehead atoms. The lowest BCUT2D eigenvalue weighted by molar-refractivity contribution is 0.0252. The number of benzene rings is 1. The van der Waals surface area contributed by atoms with Gasteiger partial charge < -0.3 is 19.5 Å². The summed E-state index contributed by atoms with van der Waals surface area (Å²) >= 11 is 0. The van der Waals surface area contributed by atoms with Crippen molar-refractivity contribution >= 4 is 0 Å². The molecule has 0 radical (unpaired) electrons. The van der Waals surface area contributed by atoms with Gasteiger partial charge in [-0.1, -0.05) is 0 Å². The zero-order chi connectivity index (χ0) is 14.6. The lowest BCUT2D eigenvalue weighted by Gasteiger charge is -2.27. The fourth-order valence-corrected chi connectivity index (χ4v) is 3.85. The Morgan fingerprint density at radius 3 is 2.43 bits per heavy atom. The van der Waals surface area contributed by atoms with Crippen LogP contribution in [0.2, 0.25) is 0 Å². The van der Waals surface area contributed by atoms with Crippen LogP contribution in [0.4, 0.5) is 0 Å². The van der Waals surface area contributed by atoms with E-state index in [2.05, 4.69) is 26.1 Å². The molecule has 3 unspecified atom stereocenters. The number of nitrogens with one attached hydrogen (secondary N) is 1. The quantitative estimate of drug-likeness (QED) is 0.861. The molecule has 0 aromatic heterocycles. The maximum atomic E-state index is 6.17. The number of hydrogen-bond acceptors (Lipinski definition) is 4. The van der Waals surface area contributed by atoms with E-state index < -0.39 is 0 Å². The molecule has 4 nitrogen and oxygen atoms in total. The Balaban J connectivity index is 1.88. The van der Waals surface area contributed by atoms with Crippen LogP contribution in [0.15, 0.2) is 0 Å². The molecule has 1 saturated heterocycles. The predicted octanol–water partition coefficient (Wildman–Crippen LogP) is 2.30. The van der Waals surface area contributed by atoms with Crippen LogP contribution in [0.5, 0.6) is 11.5 Å². The monoisotopic (exact) mass is 289 g/mol. The number of ether oxygens (including phenoxy) is 3. The van der Waals surface area contributed by atoms with Gasteiger partial charge in [0.2, 0.25) is 0 Å². The van der Waals surface area contributed by atoms with E-state index in [1.165, 1.54) is 22.3 Å². The molecule has 0 aliphatic carbocycles. The van der Waals surface area contributed by atoms with Crippen molar-refractivity contribution in [1.82, 2.24) is 5.32 Å². The highest BCUT2D eigenvalue weighted by Gasteiger charge is 2.37. The molecule has 3 aliphatic rings. The van der Waals surface area contributed by atoms with Crippen molar-refractivity contribution in [2.24, 2.45) is 0 Å². The number of rotatable bonds is 1. The third-order valence-corrected chi connectivity index (χ3v) is 4.78. The SMILES string of the molecule is Cc1c2c(c(C3CNCCO3)c3c1OC(C)C3)OC(C)C2. The fraction of sp³-hybridized carbons (Fsp3) is 0.647. The largest absolute Gasteiger partial charge is 0.490 e. The Labute approximate surface area is 125 Å². The van der Waals surface area contributed by atoms with E-state index in [4.69, 9.17) is 14.2 Å². The highest BCUT2D eigenvalue weighted by atomic mass is 16.5. The summed E-state index contributed by atoms with van der Waals surface area (Å²) in [6, 6.07) is 0. The van der Waals surface area contributed by atoms with Gasteiger partial charge in [0.1, 0.15) is 23.7 Å². The third kappa shape index (κ3) is 2.04. The lowest BCUT2D eigenvalue weighted by Crippen LogP contribution is -2.34. The second-order valence-corrected chi connectivity index (χ2v) is 6.48. The molecule has 0 spiro atoms. The van der Waals surface area contributed by atoms with Crippen LogP contribution in [-0.4, -0.2) is 31.9 Å². The van der Waals surface area contributed by atoms with Gasteiger partial charge in [-0.3, -0.25) is 0 Å². The first kappa shape index (κ1) is 13.4. The molecule has 1 aromatic carbocycles. The minimum Gasteiger partial charge on any atom is -0.490 e. The van der Waals surface area contributed by atoms with Gasteiger partial charge in [0.05, 0.1) is 12.7 Å². The Bertz CT molecular complexity index is 539. The summed E-state index contributed by atoms with van der Waals surface area (Å²) in [7, 11) is 0. The summed E-state index contributed by atoms with van der Waals surface area (Å²) in [5.41, 5.74) is 5.13. The molecule has 3 aliphatic heterocycles. The summed E-state index contributed by atoms with van der Waals surface area (Å²) in [5, 5.41) is 3.43. The van der Waals surface area contributed by atoms with Gasteiger partial charge in [-0.2, -0.15) is 0 Å². The van der Waals surface area contributed by atoms with Crippen LogP contribution in [0, 0.1) is 6.92 Å². The van der Waals surface area contributed by atoms with Crippen molar-refractivity contribution < 1.29 is 14.2 Å². The minimum absolute atomic E-state index is 0.0843. The van der Waals surface area contributed by atoms with Gasteiger partial charge in [0.25, 0.3) is 0 Å². The first-order valence-corrected chi connectivity index (χ1v) is 7.99. The van der Waals surface area contributed by atoms with Gasteiger partial charge >= 0.3 is 0 Å². The first-order chi connectivity index (χ1) is 10.1. The van der Waals surface area contributed by atoms with E-state index in [0.717, 1.165) is 44.0 Å². The lowest BCUT2D eigenvalue weighted by atomic mass is 9.90. The number of fused-ring (bicyclic) bond motifs is 2. The number of hydrogen-bond donors (Lipinski definition) is 1. The molecule has 1 aromatic rings. The topological polar surface area (TPSA) is 39.7 Å². The Hall–Kier alpha value is -1.26. The average Bonchev–Trinajstić information content (AvgIpc) is 3.03. The summed E-state index contributed by atoms with van der Waals surface area (Å²) in [5.74, 6) is 2.16. The highest BCUT2D eigenvalue weighted by molar-refractivity contribution is 5.63. The van der Waals surface area contributed by atoms with E-state index in [9.17, 15) is 0 Å². The maximum absolute atomic E-state index is 6.17. The second-order valence-electron chi connectivity index (χ2n) is 6.48. The summed E-state index contributed by atoms with van der Waals surface area (Å²) < 4.78 is 18.3. The highest BCUT2D eigenvalue weighted by Crippen LogP contribution is 2.49. The standard InChI is InChI=1S/C17H23NO3/c1-9-6-12-11(3)16-13(7-10(2)20-16)15(17(12)21-9)14-8-18-4-5-19-14/h9-10,14,18H,4-8H2,1-3H3. The molecule has 3 atom stereocenters. The summed E-state index contributed by atoms with van der Waals surface area (Å²) in [6.45, 7) is 8.98. The second kappa shape index (κ2) is 4.89. The van der Waals surface area contributed by atoms with Crippen molar-refractivity contribution in [1.29, 1.82) is 0 Å². The normalized spacial score (nSPS) is 30.5. The molecule has 3 heterocycles. The van der Waals surface area contributed by atoms with Crippen molar-refractivity contribution in [2.45, 2.75) is 51.9 Å². The summed E-state index contributed by atoms with van der Waals surface area (Å²) in [4.78, 5) is 0. The zero-order valence-electron chi connectivity index (χ0n) is 13.0. The van der Waals surface area contributed by atoms with Crippen molar-refractivity contribution in [3.8, 4) is 11.5 Å². The van der Waals surface area contributed by atoms with Gasteiger partial charge in [-0.15, -0.1) is 0 Å². The first-order valence-electron chi connectivity index (χ1n) is 7.99. The van der Waals surface area contributed by atoms with Gasteiger partial charge in [0, 0.05) is 42.6 Å². The molecule has 21 heavy (non-hydrogen) atoms. The Kier molecular flexibility index (Phi) is 3.12. The predicted molar refractivity (Wildman–Crippen MR) is 80.3 cm³/mol. The van der Waals surface area contributed by atoms with E-state index in [1.807, 2.05) is 0 Å². The molecule has 1 N–H and O–H groups in total. The summed E-state index contributed by atoms with van der Waals surface area (Å²) in [6.07, 6.45) is 2.50. The Morgan fingerprint density at radius 1 is 1.00 bits per heavy atom. The average molecular weight is 289 g/mol. The van der Waals surface area contributed by atoms with E-state index in [0.29, 0.717) is 0 Å². The van der Waals surface area contributed by atoms with Crippen molar-refractivity contribution in [3.63, 3.8) is 0 Å². The van der Waals surface area contributed by atoms with Crippen LogP contribution < -0.4 is 14.8 Å². The van der Waals surface area contributed by atoms with Gasteiger partial charge in [-0.05, 0) is 26.3 Å². The van der Waals surface area contributed by atoms with Crippen LogP contribution in [-0.2, 0) is 17.6 Å². The Morgan fingerprint density at radius 2 is 1.71 bits per heavy atom. The number of morpholine rings is 1. The zero-order valence-corrected chi connectivity index (χ0v) is 13.0. The van der Waals surface area contributed by atoms with E-state index in [1.54, 1.807) is 0 Å². The van der Waals surface area contributed by atoms with Crippen LogP contribution in [0.3, 0.4) is 0 Å². The molecule has 114 valence electrons. The minimum atomic E-state index is 0.0843. The molecule has 4 rings (SSSR count). The van der Waals surface area contributed by atoms with Crippen molar-refractivity contribution in [2.75, 3.05) is 19.7 Å². The van der Waals surface area contributed by atoms with Gasteiger partial charge in [-0.25, -0.2) is 0 Å². The fourth-order valence-electron chi connectivity index (χ4n) is 3.85. The molecule has 4 heteroatoms. The van der Waals surface area contributed by atoms with E-state index >= 15 is 0 Å². The van der Waals surface area contributed by atoms with Crippen LogP contribution >= 0.6 is 0 Å². The molecule has 0 saturated carbocycles. The van der Waals surface area contributed by atoms with Crippen LogP contribution in [0.1, 0.15) is 42.2 Å². The molecule has 0 amide bonds. The molecular weight excluding hydrogens is 266 g/mol. The third-order valence-electron chi connectivity index (χ3n) is 4.78. The van der Waals surface area contributed by atoms with Crippen LogP contribution in [0.25, 0.3) is 0 Å². The van der Waals surface area contributed by atoms with Crippen molar-refractivity contribution in [3.05, 3.63) is 22.3 Å². The molecular formula is C17H23NO3. The van der Waals surface area contributed by atoms with E-state index in [-0.39, 0.29) is 18.3 Å². The maximum Gasteiger partial charge on any atom is 0.129 e.